The van der Waals surface area contributed by atoms with Gasteiger partial charge in [0.2, 0.25) is 0 Å². The van der Waals surface area contributed by atoms with Crippen molar-refractivity contribution in [2.45, 2.75) is 13.5 Å². The Hall–Kier alpha value is -2.42. The molecule has 0 bridgehead atoms. The minimum Gasteiger partial charge on any atom is -0.508 e. The predicted molar refractivity (Wildman–Crippen MR) is 80.1 cm³/mol. The maximum atomic E-state index is 9.25. The second kappa shape index (κ2) is 4.93. The fourth-order valence-corrected chi connectivity index (χ4v) is 2.40. The van der Waals surface area contributed by atoms with Crippen molar-refractivity contribution in [3.05, 3.63) is 59.8 Å². The number of aromatic nitrogens is 1. The van der Waals surface area contributed by atoms with Gasteiger partial charge < -0.3 is 14.4 Å². The molecule has 3 nitrogen and oxygen atoms in total. The van der Waals surface area contributed by atoms with Crippen LogP contribution in [-0.2, 0) is 13.7 Å². The first-order valence-electron chi connectivity index (χ1n) is 6.61. The van der Waals surface area contributed by atoms with Gasteiger partial charge in [0.15, 0.2) is 0 Å². The van der Waals surface area contributed by atoms with Gasteiger partial charge in [0.05, 0.1) is 5.69 Å². The Morgan fingerprint density at radius 2 is 1.85 bits per heavy atom. The van der Waals surface area contributed by atoms with Gasteiger partial charge in [0.1, 0.15) is 18.1 Å². The molecule has 20 heavy (non-hydrogen) atoms. The fourth-order valence-electron chi connectivity index (χ4n) is 2.40. The van der Waals surface area contributed by atoms with Gasteiger partial charge in [0.25, 0.3) is 0 Å². The molecule has 0 saturated carbocycles. The second-order valence-corrected chi connectivity index (χ2v) is 4.98. The number of phenolic OH excluding ortho intramolecular Hbond substituents is 1. The highest BCUT2D eigenvalue weighted by Crippen LogP contribution is 2.23. The molecular weight excluding hydrogens is 250 g/mol. The van der Waals surface area contributed by atoms with E-state index in [-0.39, 0.29) is 5.75 Å². The van der Waals surface area contributed by atoms with Crippen molar-refractivity contribution in [2.24, 2.45) is 7.05 Å². The first kappa shape index (κ1) is 12.6. The van der Waals surface area contributed by atoms with Crippen LogP contribution >= 0.6 is 0 Å². The van der Waals surface area contributed by atoms with E-state index in [1.165, 1.54) is 16.5 Å². The predicted octanol–water partition coefficient (Wildman–Crippen LogP) is 3.77. The summed E-state index contributed by atoms with van der Waals surface area (Å²) in [5.74, 6) is 1.00. The Labute approximate surface area is 118 Å². The molecule has 3 heteroatoms. The average Bonchev–Trinajstić information content (AvgIpc) is 2.77. The van der Waals surface area contributed by atoms with Crippen LogP contribution in [0.5, 0.6) is 11.5 Å². The third kappa shape index (κ3) is 2.23. The maximum Gasteiger partial charge on any atom is 0.128 e. The summed E-state index contributed by atoms with van der Waals surface area (Å²) < 4.78 is 7.92. The lowest BCUT2D eigenvalue weighted by atomic mass is 10.1. The highest BCUT2D eigenvalue weighted by atomic mass is 16.5. The van der Waals surface area contributed by atoms with Crippen LogP contribution in [0.4, 0.5) is 0 Å². The zero-order valence-corrected chi connectivity index (χ0v) is 11.6. The minimum atomic E-state index is 0.248. The van der Waals surface area contributed by atoms with Crippen LogP contribution in [0.15, 0.2) is 48.5 Å². The van der Waals surface area contributed by atoms with Crippen LogP contribution in [0.1, 0.15) is 11.3 Å². The van der Waals surface area contributed by atoms with Crippen LogP contribution in [-0.4, -0.2) is 9.67 Å². The van der Waals surface area contributed by atoms with Crippen LogP contribution < -0.4 is 4.74 Å². The van der Waals surface area contributed by atoms with E-state index in [0.717, 1.165) is 11.4 Å². The number of ether oxygens (including phenoxy) is 1. The van der Waals surface area contributed by atoms with E-state index in [1.807, 2.05) is 0 Å². The Morgan fingerprint density at radius 3 is 2.55 bits per heavy atom. The molecule has 0 saturated heterocycles. The molecule has 0 radical (unpaired) electrons. The third-order valence-corrected chi connectivity index (χ3v) is 3.63. The van der Waals surface area contributed by atoms with Gasteiger partial charge in [-0.25, -0.2) is 0 Å². The summed E-state index contributed by atoms with van der Waals surface area (Å²) in [6.45, 7) is 2.63. The number of rotatable bonds is 3. The number of phenols is 1. The van der Waals surface area contributed by atoms with Gasteiger partial charge in [-0.05, 0) is 48.9 Å². The molecule has 0 amide bonds. The summed E-state index contributed by atoms with van der Waals surface area (Å²) in [5, 5.41) is 10.5. The fraction of sp³-hybridized carbons (Fsp3) is 0.176. The molecule has 0 fully saturated rings. The number of hydrogen-bond acceptors (Lipinski definition) is 2. The average molecular weight is 267 g/mol. The van der Waals surface area contributed by atoms with E-state index in [1.54, 1.807) is 24.3 Å². The summed E-state index contributed by atoms with van der Waals surface area (Å²) in [6, 6.07) is 15.3. The van der Waals surface area contributed by atoms with Crippen molar-refractivity contribution >= 4 is 10.9 Å². The maximum absolute atomic E-state index is 9.25. The lowest BCUT2D eigenvalue weighted by Crippen LogP contribution is -2.01. The summed E-state index contributed by atoms with van der Waals surface area (Å²) in [6.07, 6.45) is 0. The summed E-state index contributed by atoms with van der Waals surface area (Å²) in [4.78, 5) is 0. The largest absolute Gasteiger partial charge is 0.508 e. The van der Waals surface area contributed by atoms with Crippen molar-refractivity contribution in [1.82, 2.24) is 4.57 Å². The molecule has 0 aliphatic heterocycles. The summed E-state index contributed by atoms with van der Waals surface area (Å²) in [5.41, 5.74) is 3.62. The number of benzene rings is 2. The molecule has 0 aliphatic rings. The van der Waals surface area contributed by atoms with Crippen molar-refractivity contribution in [3.63, 3.8) is 0 Å². The van der Waals surface area contributed by atoms with Crippen molar-refractivity contribution < 1.29 is 9.84 Å². The van der Waals surface area contributed by atoms with Crippen molar-refractivity contribution in [2.75, 3.05) is 0 Å². The standard InChI is InChI=1S/C17H17NO2/c1-12-4-3-5-17-16(12)10-13(18(17)2)11-20-15-8-6-14(19)7-9-15/h3-10,19H,11H2,1-2H3. The molecular formula is C17H17NO2. The van der Waals surface area contributed by atoms with Crippen LogP contribution in [0.2, 0.25) is 0 Å². The van der Waals surface area contributed by atoms with Crippen LogP contribution in [0.25, 0.3) is 10.9 Å². The molecule has 1 N–H and O–H groups in total. The third-order valence-electron chi connectivity index (χ3n) is 3.63. The molecule has 0 spiro atoms. The molecule has 1 heterocycles. The molecule has 3 aromatic rings. The van der Waals surface area contributed by atoms with E-state index in [0.29, 0.717) is 6.61 Å². The summed E-state index contributed by atoms with van der Waals surface area (Å²) in [7, 11) is 2.05. The Morgan fingerprint density at radius 1 is 1.10 bits per heavy atom. The monoisotopic (exact) mass is 267 g/mol. The van der Waals surface area contributed by atoms with E-state index in [2.05, 4.69) is 42.8 Å². The van der Waals surface area contributed by atoms with E-state index in [9.17, 15) is 5.11 Å². The summed E-state index contributed by atoms with van der Waals surface area (Å²) >= 11 is 0. The van der Waals surface area contributed by atoms with Crippen LogP contribution in [0.3, 0.4) is 0 Å². The molecule has 0 unspecified atom stereocenters. The number of nitrogens with zero attached hydrogens (tertiary/aromatic N) is 1. The quantitative estimate of drug-likeness (QED) is 0.783. The smallest absolute Gasteiger partial charge is 0.128 e. The highest BCUT2D eigenvalue weighted by Gasteiger charge is 2.07. The Bertz CT molecular complexity index is 742. The lowest BCUT2D eigenvalue weighted by molar-refractivity contribution is 0.297. The number of fused-ring (bicyclic) bond motifs is 1. The molecule has 102 valence electrons. The number of aromatic hydroxyl groups is 1. The van der Waals surface area contributed by atoms with Gasteiger partial charge >= 0.3 is 0 Å². The molecule has 0 atom stereocenters. The van der Waals surface area contributed by atoms with Gasteiger partial charge in [-0.3, -0.25) is 0 Å². The van der Waals surface area contributed by atoms with Gasteiger partial charge in [-0.1, -0.05) is 12.1 Å². The van der Waals surface area contributed by atoms with Gasteiger partial charge in [-0.2, -0.15) is 0 Å². The first-order chi connectivity index (χ1) is 9.65. The van der Waals surface area contributed by atoms with Crippen LogP contribution in [0, 0.1) is 6.92 Å². The van der Waals surface area contributed by atoms with E-state index in [4.69, 9.17) is 4.74 Å². The van der Waals surface area contributed by atoms with E-state index >= 15 is 0 Å². The molecule has 0 aliphatic carbocycles. The van der Waals surface area contributed by atoms with Gasteiger partial charge in [0, 0.05) is 18.0 Å². The Kier molecular flexibility index (Phi) is 3.11. The normalized spacial score (nSPS) is 10.9. The van der Waals surface area contributed by atoms with E-state index < -0.39 is 0 Å². The van der Waals surface area contributed by atoms with Crippen molar-refractivity contribution in [1.29, 1.82) is 0 Å². The number of aryl methyl sites for hydroxylation is 2. The number of hydrogen-bond donors (Lipinski definition) is 1. The highest BCUT2D eigenvalue weighted by molar-refractivity contribution is 5.84. The Balaban J connectivity index is 1.86. The van der Waals surface area contributed by atoms with Crippen molar-refractivity contribution in [3.8, 4) is 11.5 Å². The van der Waals surface area contributed by atoms with Gasteiger partial charge in [-0.15, -0.1) is 0 Å². The molecule has 2 aromatic carbocycles. The SMILES string of the molecule is Cc1cccc2c1cc(COc1ccc(O)cc1)n2C. The zero-order chi connectivity index (χ0) is 14.1. The first-order valence-corrected chi connectivity index (χ1v) is 6.61. The topological polar surface area (TPSA) is 34.4 Å². The second-order valence-electron chi connectivity index (χ2n) is 4.98. The molecule has 1 aromatic heterocycles. The zero-order valence-electron chi connectivity index (χ0n) is 11.6. The minimum absolute atomic E-state index is 0.248. The lowest BCUT2D eigenvalue weighted by Gasteiger charge is -2.07. The molecule has 3 rings (SSSR count).